The maximum atomic E-state index is 13.6. The van der Waals surface area contributed by atoms with E-state index in [1.54, 1.807) is 12.1 Å². The first-order chi connectivity index (χ1) is 21.9. The number of nitrogens with zero attached hydrogens (tertiary/aromatic N) is 7. The van der Waals surface area contributed by atoms with Crippen LogP contribution in [0.2, 0.25) is 0 Å². The molecular formula is C34H40FN7O2S. The second-order valence-electron chi connectivity index (χ2n) is 12.0. The Hall–Kier alpha value is -3.85. The van der Waals surface area contributed by atoms with Gasteiger partial charge in [0.05, 0.1) is 27.9 Å². The summed E-state index contributed by atoms with van der Waals surface area (Å²) in [6.07, 6.45) is 7.65. The van der Waals surface area contributed by atoms with Crippen LogP contribution in [0.25, 0.3) is 11.2 Å². The maximum Gasteiger partial charge on any atom is 0.236 e. The molecule has 1 amide bonds. The zero-order valence-electron chi connectivity index (χ0n) is 26.0. The van der Waals surface area contributed by atoms with Crippen LogP contribution in [0.3, 0.4) is 0 Å². The highest BCUT2D eigenvalue weighted by Crippen LogP contribution is 2.40. The van der Waals surface area contributed by atoms with Crippen LogP contribution in [0, 0.1) is 23.1 Å². The third-order valence-corrected chi connectivity index (χ3v) is 10.2. The summed E-state index contributed by atoms with van der Waals surface area (Å²) in [6, 6.07) is 13.0. The van der Waals surface area contributed by atoms with Crippen LogP contribution in [0.5, 0.6) is 0 Å². The average molecular weight is 630 g/mol. The zero-order valence-corrected chi connectivity index (χ0v) is 26.8. The molecule has 9 nitrogen and oxygen atoms in total. The number of carbonyl (C=O) groups is 1. The fourth-order valence-corrected chi connectivity index (χ4v) is 7.37. The topological polar surface area (TPSA) is 91.3 Å². The summed E-state index contributed by atoms with van der Waals surface area (Å²) in [5, 5.41) is 20.4. The van der Waals surface area contributed by atoms with E-state index in [2.05, 4.69) is 56.5 Å². The Labute approximate surface area is 268 Å². The maximum absolute atomic E-state index is 13.6. The van der Waals surface area contributed by atoms with Crippen LogP contribution < -0.4 is 9.80 Å². The molecule has 2 aromatic heterocycles. The molecule has 0 aliphatic carbocycles. The lowest BCUT2D eigenvalue weighted by Gasteiger charge is -2.41. The van der Waals surface area contributed by atoms with E-state index in [4.69, 9.17) is 4.98 Å². The average Bonchev–Trinajstić information content (AvgIpc) is 3.39. The third kappa shape index (κ3) is 6.59. The number of likely N-dealkylation sites (tertiary alicyclic amines) is 1. The molecule has 3 aliphatic heterocycles. The van der Waals surface area contributed by atoms with Gasteiger partial charge >= 0.3 is 0 Å². The highest BCUT2D eigenvalue weighted by molar-refractivity contribution is 8.07. The van der Waals surface area contributed by atoms with Gasteiger partial charge in [-0.3, -0.25) is 14.1 Å². The standard InChI is InChI=1S/C34H40FN7O2S/c1-3-29-34(38(2)33-7-5-4-6-28(30(18-36)45-33)25-8-10-26(35)11-9-25)42-21-27(12-13-31(42)37-29)40-16-14-39(15-17-40)22-32(44)41-19-24(20-41)23-43/h7-13,21,24,43H,3-6,14-17,19-20,22-23H2,1-2H3. The summed E-state index contributed by atoms with van der Waals surface area (Å²) in [6.45, 7) is 7.26. The number of imidazole rings is 1. The Morgan fingerprint density at radius 3 is 2.60 bits per heavy atom. The van der Waals surface area contributed by atoms with Crippen LogP contribution in [0.1, 0.15) is 37.4 Å². The van der Waals surface area contributed by atoms with Crippen LogP contribution in [0.4, 0.5) is 15.9 Å². The number of benzene rings is 1. The van der Waals surface area contributed by atoms with Crippen molar-refractivity contribution in [3.05, 3.63) is 75.7 Å². The zero-order chi connectivity index (χ0) is 31.5. The van der Waals surface area contributed by atoms with Crippen LogP contribution in [-0.4, -0.2) is 89.7 Å². The fraction of sp³-hybridized carbons (Fsp3) is 0.441. The van der Waals surface area contributed by atoms with E-state index in [0.29, 0.717) is 24.5 Å². The molecule has 1 N–H and O–H groups in total. The van der Waals surface area contributed by atoms with Crippen molar-refractivity contribution >= 4 is 40.4 Å². The first-order valence-corrected chi connectivity index (χ1v) is 16.6. The number of allylic oxidation sites excluding steroid dienone is 3. The lowest BCUT2D eigenvalue weighted by atomic mass is 9.99. The second kappa shape index (κ2) is 13.6. The first-order valence-electron chi connectivity index (χ1n) is 15.8. The van der Waals surface area contributed by atoms with Crippen molar-refractivity contribution in [2.75, 3.05) is 69.3 Å². The molecule has 6 rings (SSSR count). The quantitative estimate of drug-likeness (QED) is 0.382. The van der Waals surface area contributed by atoms with Gasteiger partial charge in [-0.2, -0.15) is 5.26 Å². The van der Waals surface area contributed by atoms with Crippen LogP contribution in [-0.2, 0) is 11.2 Å². The fourth-order valence-electron chi connectivity index (χ4n) is 6.35. The number of piperazine rings is 1. The Balaban J connectivity index is 1.20. The molecule has 0 spiro atoms. The highest BCUT2D eigenvalue weighted by Gasteiger charge is 2.31. The van der Waals surface area contributed by atoms with Crippen molar-refractivity contribution < 1.29 is 14.3 Å². The van der Waals surface area contributed by atoms with E-state index in [-0.39, 0.29) is 24.2 Å². The van der Waals surface area contributed by atoms with Gasteiger partial charge in [-0.25, -0.2) is 9.37 Å². The van der Waals surface area contributed by atoms with Gasteiger partial charge in [-0.1, -0.05) is 36.9 Å². The van der Waals surface area contributed by atoms with E-state index in [0.717, 1.165) is 90.9 Å². The van der Waals surface area contributed by atoms with Crippen LogP contribution in [0.15, 0.2) is 58.6 Å². The number of anilines is 2. The van der Waals surface area contributed by atoms with E-state index < -0.39 is 0 Å². The molecule has 2 fully saturated rings. The summed E-state index contributed by atoms with van der Waals surface area (Å²) in [4.78, 5) is 26.8. The van der Waals surface area contributed by atoms with E-state index >= 15 is 0 Å². The molecule has 0 atom stereocenters. The Bertz CT molecular complexity index is 1650. The van der Waals surface area contributed by atoms with Gasteiger partial charge in [0.15, 0.2) is 0 Å². The van der Waals surface area contributed by atoms with Crippen molar-refractivity contribution in [2.24, 2.45) is 5.92 Å². The molecule has 0 saturated carbocycles. The summed E-state index contributed by atoms with van der Waals surface area (Å²) >= 11 is 1.46. The van der Waals surface area contributed by atoms with Gasteiger partial charge in [0, 0.05) is 65.0 Å². The predicted molar refractivity (Wildman–Crippen MR) is 177 cm³/mol. The number of aliphatic hydroxyl groups excluding tert-OH is 1. The third-order valence-electron chi connectivity index (χ3n) is 9.02. The number of nitriles is 1. The van der Waals surface area contributed by atoms with Crippen molar-refractivity contribution in [3.63, 3.8) is 0 Å². The number of aromatic nitrogens is 2. The SMILES string of the molecule is CCc1nc2ccc(N3CCN(CC(=O)N4CC(CO)C4)CC3)cn2c1N(C)C1=CCCCC(c2ccc(F)cc2)=C(C#N)S1. The highest BCUT2D eigenvalue weighted by atomic mass is 32.2. The molecule has 3 aliphatic rings. The summed E-state index contributed by atoms with van der Waals surface area (Å²) in [7, 11) is 2.04. The Morgan fingerprint density at radius 1 is 1.16 bits per heavy atom. The molecular weight excluding hydrogens is 589 g/mol. The van der Waals surface area contributed by atoms with E-state index in [1.807, 2.05) is 11.9 Å². The van der Waals surface area contributed by atoms with Gasteiger partial charge in [0.1, 0.15) is 23.4 Å². The smallest absolute Gasteiger partial charge is 0.236 e. The molecule has 3 aromatic rings. The molecule has 236 valence electrons. The van der Waals surface area contributed by atoms with Crippen molar-refractivity contribution in [1.29, 1.82) is 5.26 Å². The Morgan fingerprint density at radius 2 is 1.91 bits per heavy atom. The molecule has 0 unspecified atom stereocenters. The van der Waals surface area contributed by atoms with Gasteiger partial charge in [0.2, 0.25) is 5.91 Å². The number of aliphatic hydroxyl groups is 1. The van der Waals surface area contributed by atoms with Crippen molar-refractivity contribution in [3.8, 4) is 6.07 Å². The molecule has 1 aromatic carbocycles. The second-order valence-corrected chi connectivity index (χ2v) is 13.0. The van der Waals surface area contributed by atoms with Gasteiger partial charge in [-0.05, 0) is 61.1 Å². The normalized spacial score (nSPS) is 18.3. The predicted octanol–water partition coefficient (Wildman–Crippen LogP) is 4.74. The van der Waals surface area contributed by atoms with Crippen molar-refractivity contribution in [2.45, 2.75) is 32.6 Å². The number of pyridine rings is 1. The lowest BCUT2D eigenvalue weighted by molar-refractivity contribution is -0.139. The molecule has 0 bridgehead atoms. The number of hydrogen-bond acceptors (Lipinski definition) is 8. The number of thioether (sulfide) groups is 1. The number of aryl methyl sites for hydroxylation is 1. The van der Waals surface area contributed by atoms with E-state index in [1.165, 1.54) is 23.9 Å². The van der Waals surface area contributed by atoms with Gasteiger partial charge < -0.3 is 19.8 Å². The van der Waals surface area contributed by atoms with Crippen molar-refractivity contribution in [1.82, 2.24) is 19.2 Å². The van der Waals surface area contributed by atoms with E-state index in [9.17, 15) is 19.6 Å². The van der Waals surface area contributed by atoms with Gasteiger partial charge in [0.25, 0.3) is 0 Å². The minimum atomic E-state index is -0.285. The molecule has 45 heavy (non-hydrogen) atoms. The summed E-state index contributed by atoms with van der Waals surface area (Å²) in [5.41, 5.74) is 4.80. The molecule has 0 radical (unpaired) electrons. The minimum absolute atomic E-state index is 0.147. The Kier molecular flexibility index (Phi) is 9.45. The molecule has 5 heterocycles. The molecule has 11 heteroatoms. The monoisotopic (exact) mass is 629 g/mol. The number of hydrogen-bond donors (Lipinski definition) is 1. The molecule has 2 saturated heterocycles. The first kappa shape index (κ1) is 31.1. The number of rotatable bonds is 8. The van der Waals surface area contributed by atoms with Crippen LogP contribution >= 0.6 is 11.8 Å². The summed E-state index contributed by atoms with van der Waals surface area (Å²) < 4.78 is 15.8. The lowest BCUT2D eigenvalue weighted by Crippen LogP contribution is -2.56. The number of halogens is 1. The largest absolute Gasteiger partial charge is 0.396 e. The minimum Gasteiger partial charge on any atom is -0.396 e. The summed E-state index contributed by atoms with van der Waals surface area (Å²) in [5.74, 6) is 1.07. The number of amides is 1. The number of fused-ring (bicyclic) bond motifs is 1. The van der Waals surface area contributed by atoms with Gasteiger partial charge in [-0.15, -0.1) is 0 Å². The number of carbonyl (C=O) groups excluding carboxylic acids is 1.